The van der Waals surface area contributed by atoms with Crippen LogP contribution in [-0.4, -0.2) is 20.3 Å². The third-order valence-corrected chi connectivity index (χ3v) is 1.96. The molecule has 0 aliphatic carbocycles. The Morgan fingerprint density at radius 3 is 2.36 bits per heavy atom. The number of rotatable bonds is 5. The molecule has 3 heteroatoms. The molecule has 0 spiro atoms. The first-order valence-electron chi connectivity index (χ1n) is 4.71. The van der Waals surface area contributed by atoms with Crippen molar-refractivity contribution in [2.45, 2.75) is 13.0 Å². The van der Waals surface area contributed by atoms with Crippen LogP contribution in [0, 0.1) is 0 Å². The lowest BCUT2D eigenvalue weighted by Gasteiger charge is -2.08. The van der Waals surface area contributed by atoms with E-state index in [9.17, 15) is 0 Å². The van der Waals surface area contributed by atoms with Crippen LogP contribution in [0.2, 0.25) is 0 Å². The van der Waals surface area contributed by atoms with Crippen LogP contribution in [0.25, 0.3) is 0 Å². The molecule has 0 fully saturated rings. The van der Waals surface area contributed by atoms with E-state index in [1.54, 1.807) is 7.11 Å². The smallest absolute Gasteiger partial charge is 0.119 e. The zero-order valence-corrected chi connectivity index (χ0v) is 8.69. The van der Waals surface area contributed by atoms with Crippen molar-refractivity contribution >= 4 is 0 Å². The van der Waals surface area contributed by atoms with Crippen LogP contribution in [0.3, 0.4) is 0 Å². The SMILES string of the molecule is COCCOc1ccc([C@@H](C)N)cc1. The van der Waals surface area contributed by atoms with Gasteiger partial charge in [-0.15, -0.1) is 0 Å². The molecule has 1 atom stereocenters. The first kappa shape index (κ1) is 11.0. The summed E-state index contributed by atoms with van der Waals surface area (Å²) in [5.41, 5.74) is 6.84. The van der Waals surface area contributed by atoms with Crippen molar-refractivity contribution in [2.75, 3.05) is 20.3 Å². The fourth-order valence-corrected chi connectivity index (χ4v) is 1.11. The van der Waals surface area contributed by atoms with Crippen molar-refractivity contribution in [3.8, 4) is 5.75 Å². The highest BCUT2D eigenvalue weighted by atomic mass is 16.5. The molecule has 1 rings (SSSR count). The maximum atomic E-state index is 5.72. The van der Waals surface area contributed by atoms with Gasteiger partial charge >= 0.3 is 0 Å². The lowest BCUT2D eigenvalue weighted by molar-refractivity contribution is 0.146. The molecule has 78 valence electrons. The fourth-order valence-electron chi connectivity index (χ4n) is 1.11. The second-order valence-electron chi connectivity index (χ2n) is 3.20. The summed E-state index contributed by atoms with van der Waals surface area (Å²) in [5.74, 6) is 0.853. The van der Waals surface area contributed by atoms with Crippen molar-refractivity contribution < 1.29 is 9.47 Å². The first-order valence-corrected chi connectivity index (χ1v) is 4.71. The quantitative estimate of drug-likeness (QED) is 0.728. The molecular formula is C11H17NO2. The lowest BCUT2D eigenvalue weighted by atomic mass is 10.1. The summed E-state index contributed by atoms with van der Waals surface area (Å²) in [4.78, 5) is 0. The number of nitrogens with two attached hydrogens (primary N) is 1. The maximum absolute atomic E-state index is 5.72. The van der Waals surface area contributed by atoms with Gasteiger partial charge in [-0.2, -0.15) is 0 Å². The van der Waals surface area contributed by atoms with Gasteiger partial charge in [-0.3, -0.25) is 0 Å². The number of benzene rings is 1. The van der Waals surface area contributed by atoms with E-state index >= 15 is 0 Å². The van der Waals surface area contributed by atoms with Gasteiger partial charge in [0, 0.05) is 13.2 Å². The summed E-state index contributed by atoms with van der Waals surface area (Å²) in [6, 6.07) is 7.88. The van der Waals surface area contributed by atoms with E-state index in [0.717, 1.165) is 11.3 Å². The van der Waals surface area contributed by atoms with E-state index in [1.807, 2.05) is 31.2 Å². The van der Waals surface area contributed by atoms with Crippen molar-refractivity contribution in [1.29, 1.82) is 0 Å². The van der Waals surface area contributed by atoms with Gasteiger partial charge in [0.05, 0.1) is 6.61 Å². The summed E-state index contributed by atoms with van der Waals surface area (Å²) in [7, 11) is 1.66. The Morgan fingerprint density at radius 2 is 1.86 bits per heavy atom. The average Bonchev–Trinajstić information content (AvgIpc) is 2.19. The van der Waals surface area contributed by atoms with Gasteiger partial charge in [0.1, 0.15) is 12.4 Å². The predicted octanol–water partition coefficient (Wildman–Crippen LogP) is 1.73. The van der Waals surface area contributed by atoms with Crippen LogP contribution in [0.1, 0.15) is 18.5 Å². The monoisotopic (exact) mass is 195 g/mol. The second-order valence-corrected chi connectivity index (χ2v) is 3.20. The largest absolute Gasteiger partial charge is 0.491 e. The molecule has 0 radical (unpaired) electrons. The molecule has 0 aliphatic heterocycles. The van der Waals surface area contributed by atoms with E-state index in [1.165, 1.54) is 0 Å². The number of hydrogen-bond donors (Lipinski definition) is 1. The van der Waals surface area contributed by atoms with E-state index in [4.69, 9.17) is 15.2 Å². The molecule has 1 aromatic carbocycles. The molecule has 0 saturated carbocycles. The number of methoxy groups -OCH3 is 1. The Hall–Kier alpha value is -1.06. The third-order valence-electron chi connectivity index (χ3n) is 1.96. The Labute approximate surface area is 84.8 Å². The molecule has 1 aromatic rings. The molecule has 0 bridgehead atoms. The van der Waals surface area contributed by atoms with Gasteiger partial charge in [0.25, 0.3) is 0 Å². The van der Waals surface area contributed by atoms with E-state index in [2.05, 4.69) is 0 Å². The molecule has 2 N–H and O–H groups in total. The van der Waals surface area contributed by atoms with E-state index in [0.29, 0.717) is 13.2 Å². The van der Waals surface area contributed by atoms with Gasteiger partial charge in [0.15, 0.2) is 0 Å². The Morgan fingerprint density at radius 1 is 1.21 bits per heavy atom. The highest BCUT2D eigenvalue weighted by Gasteiger charge is 1.99. The minimum atomic E-state index is 0.0722. The minimum absolute atomic E-state index is 0.0722. The van der Waals surface area contributed by atoms with Gasteiger partial charge in [-0.25, -0.2) is 0 Å². The zero-order valence-electron chi connectivity index (χ0n) is 8.69. The van der Waals surface area contributed by atoms with Crippen LogP contribution < -0.4 is 10.5 Å². The Kier molecular flexibility index (Phi) is 4.43. The topological polar surface area (TPSA) is 44.5 Å². The molecule has 0 heterocycles. The molecule has 0 aromatic heterocycles. The molecule has 0 saturated heterocycles. The van der Waals surface area contributed by atoms with Crippen LogP contribution in [0.5, 0.6) is 5.75 Å². The summed E-state index contributed by atoms with van der Waals surface area (Å²) in [6.45, 7) is 3.14. The summed E-state index contributed by atoms with van der Waals surface area (Å²) >= 11 is 0. The van der Waals surface area contributed by atoms with Crippen molar-refractivity contribution in [2.24, 2.45) is 5.73 Å². The molecule has 0 amide bonds. The molecule has 3 nitrogen and oxygen atoms in total. The Bertz CT molecular complexity index is 256. The Balaban J connectivity index is 2.47. The van der Waals surface area contributed by atoms with Crippen LogP contribution in [-0.2, 0) is 4.74 Å². The minimum Gasteiger partial charge on any atom is -0.491 e. The van der Waals surface area contributed by atoms with Crippen LogP contribution in [0.15, 0.2) is 24.3 Å². The normalized spacial score (nSPS) is 12.5. The number of ether oxygens (including phenoxy) is 2. The molecule has 0 unspecified atom stereocenters. The molecule has 14 heavy (non-hydrogen) atoms. The highest BCUT2D eigenvalue weighted by Crippen LogP contribution is 2.15. The highest BCUT2D eigenvalue weighted by molar-refractivity contribution is 5.28. The first-order chi connectivity index (χ1) is 6.74. The third kappa shape index (κ3) is 3.36. The molecule has 0 aliphatic rings. The van der Waals surface area contributed by atoms with Gasteiger partial charge in [-0.05, 0) is 24.6 Å². The second kappa shape index (κ2) is 5.62. The average molecular weight is 195 g/mol. The van der Waals surface area contributed by atoms with E-state index in [-0.39, 0.29) is 6.04 Å². The lowest BCUT2D eigenvalue weighted by Crippen LogP contribution is -2.06. The van der Waals surface area contributed by atoms with Crippen LogP contribution in [0.4, 0.5) is 0 Å². The predicted molar refractivity (Wildman–Crippen MR) is 56.4 cm³/mol. The fraction of sp³-hybridized carbons (Fsp3) is 0.455. The number of hydrogen-bond acceptors (Lipinski definition) is 3. The van der Waals surface area contributed by atoms with E-state index < -0.39 is 0 Å². The standard InChI is InChI=1S/C11H17NO2/c1-9(12)10-3-5-11(6-4-10)14-8-7-13-2/h3-6,9H,7-8,12H2,1-2H3/t9-/m1/s1. The van der Waals surface area contributed by atoms with Crippen molar-refractivity contribution in [3.63, 3.8) is 0 Å². The zero-order chi connectivity index (χ0) is 10.4. The molecular weight excluding hydrogens is 178 g/mol. The van der Waals surface area contributed by atoms with Gasteiger partial charge in [-0.1, -0.05) is 12.1 Å². The van der Waals surface area contributed by atoms with Crippen molar-refractivity contribution in [1.82, 2.24) is 0 Å². The van der Waals surface area contributed by atoms with Gasteiger partial charge < -0.3 is 15.2 Å². The van der Waals surface area contributed by atoms with Gasteiger partial charge in [0.2, 0.25) is 0 Å². The summed E-state index contributed by atoms with van der Waals surface area (Å²) in [6.07, 6.45) is 0. The summed E-state index contributed by atoms with van der Waals surface area (Å²) in [5, 5.41) is 0. The summed E-state index contributed by atoms with van der Waals surface area (Å²) < 4.78 is 10.3. The van der Waals surface area contributed by atoms with Crippen molar-refractivity contribution in [3.05, 3.63) is 29.8 Å². The van der Waals surface area contributed by atoms with Crippen LogP contribution >= 0.6 is 0 Å². The maximum Gasteiger partial charge on any atom is 0.119 e.